The van der Waals surface area contributed by atoms with E-state index < -0.39 is 5.97 Å². The first-order valence-corrected chi connectivity index (χ1v) is 5.23. The second-order valence-electron chi connectivity index (χ2n) is 4.14. The van der Waals surface area contributed by atoms with E-state index in [9.17, 15) is 4.79 Å². The second kappa shape index (κ2) is 3.96. The molecule has 2 rings (SSSR count). The average Bonchev–Trinajstić information content (AvgIpc) is 2.59. The van der Waals surface area contributed by atoms with Gasteiger partial charge in [0.2, 0.25) is 0 Å². The normalized spacial score (nSPS) is 12.9. The Labute approximate surface area is 93.5 Å². The number of carboxylic acids is 1. The van der Waals surface area contributed by atoms with Crippen LogP contribution in [0.2, 0.25) is 0 Å². The number of carbonyl (C=O) groups is 1. The van der Waals surface area contributed by atoms with Crippen LogP contribution < -0.4 is 0 Å². The van der Waals surface area contributed by atoms with Gasteiger partial charge in [-0.05, 0) is 24.5 Å². The van der Waals surface area contributed by atoms with Crippen molar-refractivity contribution in [1.29, 1.82) is 0 Å². The lowest BCUT2D eigenvalue weighted by Crippen LogP contribution is -2.02. The summed E-state index contributed by atoms with van der Waals surface area (Å²) in [6.07, 6.45) is 3.82. The Morgan fingerprint density at radius 3 is 3.00 bits per heavy atom. The van der Waals surface area contributed by atoms with Crippen LogP contribution in [-0.4, -0.2) is 20.7 Å². The minimum absolute atomic E-state index is 0.0160. The largest absolute Gasteiger partial charge is 0.481 e. The average molecular weight is 218 g/mol. The molecule has 2 aromatic heterocycles. The fraction of sp³-hybridized carbons (Fsp3) is 0.333. The zero-order valence-corrected chi connectivity index (χ0v) is 9.34. The van der Waals surface area contributed by atoms with E-state index in [0.29, 0.717) is 0 Å². The van der Waals surface area contributed by atoms with Crippen LogP contribution in [0.4, 0.5) is 0 Å². The highest BCUT2D eigenvalue weighted by molar-refractivity contribution is 5.69. The number of fused-ring (bicyclic) bond motifs is 1. The van der Waals surface area contributed by atoms with Gasteiger partial charge in [-0.3, -0.25) is 4.79 Å². The molecule has 1 unspecified atom stereocenters. The molecule has 4 heteroatoms. The smallest absolute Gasteiger partial charge is 0.303 e. The van der Waals surface area contributed by atoms with E-state index in [1.165, 1.54) is 0 Å². The van der Waals surface area contributed by atoms with E-state index >= 15 is 0 Å². The lowest BCUT2D eigenvalue weighted by molar-refractivity contribution is -0.137. The van der Waals surface area contributed by atoms with Crippen LogP contribution >= 0.6 is 0 Å². The van der Waals surface area contributed by atoms with E-state index in [4.69, 9.17) is 5.11 Å². The fourth-order valence-electron chi connectivity index (χ4n) is 1.86. The van der Waals surface area contributed by atoms with Gasteiger partial charge in [-0.2, -0.15) is 5.10 Å². The Morgan fingerprint density at radius 2 is 2.31 bits per heavy atom. The van der Waals surface area contributed by atoms with Gasteiger partial charge in [0.25, 0.3) is 0 Å². The van der Waals surface area contributed by atoms with Crippen molar-refractivity contribution in [3.05, 3.63) is 35.7 Å². The molecule has 2 aromatic rings. The standard InChI is InChI=1S/C12H14N2O2/c1-8-3-4-11-10(6-13-14(11)7-8)9(2)5-12(15)16/h3-4,6-7,9H,5H2,1-2H3,(H,15,16). The predicted molar refractivity (Wildman–Crippen MR) is 60.6 cm³/mol. The molecule has 0 aromatic carbocycles. The topological polar surface area (TPSA) is 54.6 Å². The molecular formula is C12H14N2O2. The Bertz CT molecular complexity index is 531. The predicted octanol–water partition coefficient (Wildman–Crippen LogP) is 2.22. The number of rotatable bonds is 3. The van der Waals surface area contributed by atoms with Gasteiger partial charge in [0, 0.05) is 11.8 Å². The van der Waals surface area contributed by atoms with Gasteiger partial charge in [0.05, 0.1) is 18.1 Å². The lowest BCUT2D eigenvalue weighted by atomic mass is 9.99. The first-order chi connectivity index (χ1) is 7.58. The summed E-state index contributed by atoms with van der Waals surface area (Å²) in [4.78, 5) is 10.7. The molecule has 0 aliphatic carbocycles. The van der Waals surface area contributed by atoms with Crippen LogP contribution in [0.5, 0.6) is 0 Å². The molecule has 0 spiro atoms. The quantitative estimate of drug-likeness (QED) is 0.859. The SMILES string of the molecule is Cc1ccc2c(C(C)CC(=O)O)cnn2c1. The number of aliphatic carboxylic acids is 1. The third-order valence-corrected chi connectivity index (χ3v) is 2.71. The van der Waals surface area contributed by atoms with Crippen LogP contribution in [0.15, 0.2) is 24.5 Å². The number of aryl methyl sites for hydroxylation is 1. The van der Waals surface area contributed by atoms with E-state index in [-0.39, 0.29) is 12.3 Å². The highest BCUT2D eigenvalue weighted by atomic mass is 16.4. The van der Waals surface area contributed by atoms with Gasteiger partial charge in [-0.25, -0.2) is 4.52 Å². The molecule has 1 N–H and O–H groups in total. The van der Waals surface area contributed by atoms with Gasteiger partial charge in [-0.15, -0.1) is 0 Å². The molecule has 2 heterocycles. The number of aromatic nitrogens is 2. The van der Waals surface area contributed by atoms with Crippen molar-refractivity contribution in [3.63, 3.8) is 0 Å². The summed E-state index contributed by atoms with van der Waals surface area (Å²) in [7, 11) is 0. The molecular weight excluding hydrogens is 204 g/mol. The molecule has 0 bridgehead atoms. The number of nitrogens with zero attached hydrogens (tertiary/aromatic N) is 2. The Hall–Kier alpha value is -1.84. The summed E-state index contributed by atoms with van der Waals surface area (Å²) in [5, 5.41) is 13.0. The molecule has 84 valence electrons. The van der Waals surface area contributed by atoms with Gasteiger partial charge in [0.1, 0.15) is 0 Å². The number of pyridine rings is 1. The minimum Gasteiger partial charge on any atom is -0.481 e. The molecule has 0 radical (unpaired) electrons. The molecule has 0 aliphatic heterocycles. The molecule has 4 nitrogen and oxygen atoms in total. The summed E-state index contributed by atoms with van der Waals surface area (Å²) in [5.41, 5.74) is 3.11. The van der Waals surface area contributed by atoms with E-state index in [0.717, 1.165) is 16.6 Å². The third kappa shape index (κ3) is 1.91. The van der Waals surface area contributed by atoms with E-state index in [1.54, 1.807) is 10.7 Å². The van der Waals surface area contributed by atoms with Crippen molar-refractivity contribution < 1.29 is 9.90 Å². The van der Waals surface area contributed by atoms with Crippen LogP contribution in [0.25, 0.3) is 5.52 Å². The molecule has 0 aliphatic rings. The maximum Gasteiger partial charge on any atom is 0.303 e. The second-order valence-corrected chi connectivity index (χ2v) is 4.14. The van der Waals surface area contributed by atoms with Gasteiger partial charge >= 0.3 is 5.97 Å². The van der Waals surface area contributed by atoms with Crippen molar-refractivity contribution in [2.75, 3.05) is 0 Å². The summed E-state index contributed by atoms with van der Waals surface area (Å²) in [6.45, 7) is 3.91. The highest BCUT2D eigenvalue weighted by Crippen LogP contribution is 2.23. The van der Waals surface area contributed by atoms with Crippen LogP contribution in [0.3, 0.4) is 0 Å². The maximum absolute atomic E-state index is 10.7. The lowest BCUT2D eigenvalue weighted by Gasteiger charge is -2.06. The Balaban J connectivity index is 2.41. The first kappa shape index (κ1) is 10.7. The third-order valence-electron chi connectivity index (χ3n) is 2.71. The minimum atomic E-state index is -0.779. The van der Waals surface area contributed by atoms with E-state index in [2.05, 4.69) is 5.10 Å². The first-order valence-electron chi connectivity index (χ1n) is 5.23. The van der Waals surface area contributed by atoms with Crippen molar-refractivity contribution in [2.24, 2.45) is 0 Å². The van der Waals surface area contributed by atoms with Crippen molar-refractivity contribution in [1.82, 2.24) is 9.61 Å². The van der Waals surface area contributed by atoms with Crippen molar-refractivity contribution >= 4 is 11.5 Å². The molecule has 0 fully saturated rings. The zero-order chi connectivity index (χ0) is 11.7. The number of hydrogen-bond donors (Lipinski definition) is 1. The Morgan fingerprint density at radius 1 is 1.56 bits per heavy atom. The molecule has 0 amide bonds. The Kier molecular flexibility index (Phi) is 2.64. The van der Waals surface area contributed by atoms with Crippen LogP contribution in [0, 0.1) is 6.92 Å². The number of carboxylic acid groups (broad SMARTS) is 1. The van der Waals surface area contributed by atoms with Gasteiger partial charge < -0.3 is 5.11 Å². The highest BCUT2D eigenvalue weighted by Gasteiger charge is 2.14. The van der Waals surface area contributed by atoms with Gasteiger partial charge in [-0.1, -0.05) is 13.0 Å². The van der Waals surface area contributed by atoms with Gasteiger partial charge in [0.15, 0.2) is 0 Å². The maximum atomic E-state index is 10.7. The summed E-state index contributed by atoms with van der Waals surface area (Å²) >= 11 is 0. The molecule has 0 saturated carbocycles. The molecule has 16 heavy (non-hydrogen) atoms. The zero-order valence-electron chi connectivity index (χ0n) is 9.34. The molecule has 0 saturated heterocycles. The molecule has 1 atom stereocenters. The van der Waals surface area contributed by atoms with Crippen molar-refractivity contribution in [2.45, 2.75) is 26.2 Å². The number of hydrogen-bond acceptors (Lipinski definition) is 2. The van der Waals surface area contributed by atoms with Crippen LogP contribution in [-0.2, 0) is 4.79 Å². The summed E-state index contributed by atoms with van der Waals surface area (Å²) in [6, 6.07) is 3.99. The summed E-state index contributed by atoms with van der Waals surface area (Å²) in [5.74, 6) is -0.795. The fourth-order valence-corrected chi connectivity index (χ4v) is 1.86. The summed E-state index contributed by atoms with van der Waals surface area (Å²) < 4.78 is 1.79. The monoisotopic (exact) mass is 218 g/mol. The van der Waals surface area contributed by atoms with E-state index in [1.807, 2.05) is 32.2 Å². The van der Waals surface area contributed by atoms with Crippen LogP contribution in [0.1, 0.15) is 30.4 Å². The van der Waals surface area contributed by atoms with Crippen molar-refractivity contribution in [3.8, 4) is 0 Å².